The Balaban J connectivity index is 1.64. The SMILES string of the molecule is O=C(Nc1ccc2c(c1)C(=O)Nc1cc(Cl)ccc1O2)c1ccccc1. The highest BCUT2D eigenvalue weighted by atomic mass is 35.5. The second kappa shape index (κ2) is 6.54. The monoisotopic (exact) mass is 364 g/mol. The molecule has 0 saturated heterocycles. The van der Waals surface area contributed by atoms with Gasteiger partial charge < -0.3 is 15.4 Å². The van der Waals surface area contributed by atoms with Crippen molar-refractivity contribution >= 4 is 34.8 Å². The lowest BCUT2D eigenvalue weighted by Crippen LogP contribution is -2.14. The summed E-state index contributed by atoms with van der Waals surface area (Å²) in [6.45, 7) is 0. The predicted octanol–water partition coefficient (Wildman–Crippen LogP) is 4.95. The minimum absolute atomic E-state index is 0.254. The van der Waals surface area contributed by atoms with Crippen molar-refractivity contribution in [2.45, 2.75) is 0 Å². The van der Waals surface area contributed by atoms with Crippen LogP contribution in [0, 0.1) is 0 Å². The van der Waals surface area contributed by atoms with Crippen LogP contribution < -0.4 is 15.4 Å². The molecule has 1 aliphatic heterocycles. The van der Waals surface area contributed by atoms with Crippen molar-refractivity contribution < 1.29 is 14.3 Å². The number of nitrogens with one attached hydrogen (secondary N) is 2. The Morgan fingerprint density at radius 1 is 0.962 bits per heavy atom. The number of rotatable bonds is 2. The minimum Gasteiger partial charge on any atom is -0.454 e. The molecular weight excluding hydrogens is 352 g/mol. The molecule has 0 aromatic heterocycles. The lowest BCUT2D eigenvalue weighted by molar-refractivity contribution is 0.101. The van der Waals surface area contributed by atoms with Gasteiger partial charge in [0, 0.05) is 16.3 Å². The van der Waals surface area contributed by atoms with E-state index < -0.39 is 0 Å². The molecular formula is C20H13ClN2O3. The largest absolute Gasteiger partial charge is 0.454 e. The van der Waals surface area contributed by atoms with Gasteiger partial charge in [-0.1, -0.05) is 29.8 Å². The maximum atomic E-state index is 12.5. The van der Waals surface area contributed by atoms with Crippen LogP contribution >= 0.6 is 11.6 Å². The Hall–Kier alpha value is -3.31. The first-order valence-corrected chi connectivity index (χ1v) is 8.27. The molecule has 0 fully saturated rings. The summed E-state index contributed by atoms with van der Waals surface area (Å²) in [7, 11) is 0. The summed E-state index contributed by atoms with van der Waals surface area (Å²) in [6.07, 6.45) is 0. The number of anilines is 2. The smallest absolute Gasteiger partial charge is 0.259 e. The maximum absolute atomic E-state index is 12.5. The van der Waals surface area contributed by atoms with E-state index in [4.69, 9.17) is 16.3 Å². The number of carbonyl (C=O) groups excluding carboxylic acids is 2. The molecule has 3 aromatic rings. The van der Waals surface area contributed by atoms with Crippen LogP contribution in [0.3, 0.4) is 0 Å². The third-order valence-electron chi connectivity index (χ3n) is 3.93. The first-order valence-electron chi connectivity index (χ1n) is 7.89. The van der Waals surface area contributed by atoms with Gasteiger partial charge in [-0.15, -0.1) is 0 Å². The standard InChI is InChI=1S/C20H13ClN2O3/c21-13-6-8-18-16(10-13)23-20(25)15-11-14(7-9-17(15)26-18)22-19(24)12-4-2-1-3-5-12/h1-11H,(H,22,24)(H,23,25). The molecule has 0 aliphatic carbocycles. The fourth-order valence-electron chi connectivity index (χ4n) is 2.66. The van der Waals surface area contributed by atoms with Crippen LogP contribution in [-0.4, -0.2) is 11.8 Å². The number of benzene rings is 3. The molecule has 0 spiro atoms. The number of halogens is 1. The van der Waals surface area contributed by atoms with Gasteiger partial charge in [-0.2, -0.15) is 0 Å². The van der Waals surface area contributed by atoms with Crippen LogP contribution in [0.5, 0.6) is 11.5 Å². The van der Waals surface area contributed by atoms with Gasteiger partial charge in [0.1, 0.15) is 5.75 Å². The molecule has 0 radical (unpaired) electrons. The quantitative estimate of drug-likeness (QED) is 0.676. The highest BCUT2D eigenvalue weighted by Gasteiger charge is 2.21. The average molecular weight is 365 g/mol. The first-order chi connectivity index (χ1) is 12.6. The Labute approximate surface area is 154 Å². The second-order valence-corrected chi connectivity index (χ2v) is 6.16. The van der Waals surface area contributed by atoms with Gasteiger partial charge in [0.2, 0.25) is 0 Å². The number of hydrogen-bond donors (Lipinski definition) is 2. The zero-order chi connectivity index (χ0) is 18.1. The molecule has 0 bridgehead atoms. The number of ether oxygens (including phenoxy) is 1. The third kappa shape index (κ3) is 3.12. The van der Waals surface area contributed by atoms with Crippen LogP contribution in [0.25, 0.3) is 0 Å². The lowest BCUT2D eigenvalue weighted by Gasteiger charge is -2.10. The molecule has 128 valence electrons. The molecule has 2 N–H and O–H groups in total. The van der Waals surface area contributed by atoms with Crippen molar-refractivity contribution in [2.75, 3.05) is 10.6 Å². The lowest BCUT2D eigenvalue weighted by atomic mass is 10.1. The van der Waals surface area contributed by atoms with Gasteiger partial charge in [0.05, 0.1) is 11.3 Å². The van der Waals surface area contributed by atoms with E-state index >= 15 is 0 Å². The zero-order valence-electron chi connectivity index (χ0n) is 13.5. The number of fused-ring (bicyclic) bond motifs is 2. The molecule has 2 amide bonds. The Morgan fingerprint density at radius 2 is 1.73 bits per heavy atom. The van der Waals surface area contributed by atoms with E-state index in [-0.39, 0.29) is 11.8 Å². The molecule has 0 atom stereocenters. The van der Waals surface area contributed by atoms with E-state index in [1.54, 1.807) is 60.7 Å². The molecule has 5 nitrogen and oxygen atoms in total. The summed E-state index contributed by atoms with van der Waals surface area (Å²) in [5.41, 5.74) is 1.85. The minimum atomic E-state index is -0.336. The average Bonchev–Trinajstić information content (AvgIpc) is 2.78. The summed E-state index contributed by atoms with van der Waals surface area (Å²) in [5.74, 6) is 0.316. The predicted molar refractivity (Wildman–Crippen MR) is 100 cm³/mol. The highest BCUT2D eigenvalue weighted by Crippen LogP contribution is 2.37. The zero-order valence-corrected chi connectivity index (χ0v) is 14.2. The normalized spacial score (nSPS) is 12.1. The molecule has 1 heterocycles. The van der Waals surface area contributed by atoms with E-state index in [0.717, 1.165) is 0 Å². The van der Waals surface area contributed by atoms with Gasteiger partial charge in [-0.3, -0.25) is 9.59 Å². The van der Waals surface area contributed by atoms with Crippen LogP contribution in [-0.2, 0) is 0 Å². The van der Waals surface area contributed by atoms with Crippen LogP contribution in [0.1, 0.15) is 20.7 Å². The molecule has 6 heteroatoms. The number of carbonyl (C=O) groups is 2. The molecule has 3 aromatic carbocycles. The van der Waals surface area contributed by atoms with Crippen molar-refractivity contribution in [3.8, 4) is 11.5 Å². The first kappa shape index (κ1) is 16.2. The summed E-state index contributed by atoms with van der Waals surface area (Å²) < 4.78 is 5.82. The van der Waals surface area contributed by atoms with Gasteiger partial charge in [0.15, 0.2) is 5.75 Å². The molecule has 4 rings (SSSR count). The Morgan fingerprint density at radius 3 is 2.54 bits per heavy atom. The summed E-state index contributed by atoms with van der Waals surface area (Å²) >= 11 is 5.98. The van der Waals surface area contributed by atoms with Gasteiger partial charge in [-0.25, -0.2) is 0 Å². The molecule has 26 heavy (non-hydrogen) atoms. The van der Waals surface area contributed by atoms with Crippen molar-refractivity contribution in [3.63, 3.8) is 0 Å². The van der Waals surface area contributed by atoms with Crippen molar-refractivity contribution in [2.24, 2.45) is 0 Å². The van der Waals surface area contributed by atoms with E-state index in [1.807, 2.05) is 6.07 Å². The molecule has 1 aliphatic rings. The van der Waals surface area contributed by atoms with E-state index in [9.17, 15) is 9.59 Å². The second-order valence-electron chi connectivity index (χ2n) is 5.73. The van der Waals surface area contributed by atoms with Gasteiger partial charge in [0.25, 0.3) is 11.8 Å². The number of hydrogen-bond acceptors (Lipinski definition) is 3. The summed E-state index contributed by atoms with van der Waals surface area (Å²) in [6, 6.07) is 18.8. The molecule has 0 unspecified atom stereocenters. The van der Waals surface area contributed by atoms with Crippen molar-refractivity contribution in [1.29, 1.82) is 0 Å². The number of amides is 2. The van der Waals surface area contributed by atoms with Gasteiger partial charge in [-0.05, 0) is 48.5 Å². The fraction of sp³-hybridized carbons (Fsp3) is 0. The third-order valence-corrected chi connectivity index (χ3v) is 4.16. The summed E-state index contributed by atoms with van der Waals surface area (Å²) in [4.78, 5) is 24.8. The van der Waals surface area contributed by atoms with E-state index in [0.29, 0.717) is 39.0 Å². The van der Waals surface area contributed by atoms with Crippen LogP contribution in [0.2, 0.25) is 5.02 Å². The highest BCUT2D eigenvalue weighted by molar-refractivity contribution is 6.31. The van der Waals surface area contributed by atoms with Crippen LogP contribution in [0.15, 0.2) is 66.7 Å². The topological polar surface area (TPSA) is 67.4 Å². The molecule has 0 saturated carbocycles. The van der Waals surface area contributed by atoms with Crippen LogP contribution in [0.4, 0.5) is 11.4 Å². The van der Waals surface area contributed by atoms with E-state index in [1.165, 1.54) is 0 Å². The van der Waals surface area contributed by atoms with Crippen molar-refractivity contribution in [3.05, 3.63) is 82.9 Å². The summed E-state index contributed by atoms with van der Waals surface area (Å²) in [5, 5.41) is 6.05. The fourth-order valence-corrected chi connectivity index (χ4v) is 2.84. The van der Waals surface area contributed by atoms with Gasteiger partial charge >= 0.3 is 0 Å². The van der Waals surface area contributed by atoms with Crippen molar-refractivity contribution in [1.82, 2.24) is 0 Å². The maximum Gasteiger partial charge on any atom is 0.259 e. The Kier molecular flexibility index (Phi) is 4.07. The Bertz CT molecular complexity index is 1020. The van der Waals surface area contributed by atoms with E-state index in [2.05, 4.69) is 10.6 Å².